The molecule has 6 nitrogen and oxygen atoms in total. The van der Waals surface area contributed by atoms with Crippen LogP contribution in [0, 0.1) is 11.8 Å². The highest BCUT2D eigenvalue weighted by atomic mass is 16.5. The average Bonchev–Trinajstić information content (AvgIpc) is 2.88. The molecule has 184 valence electrons. The van der Waals surface area contributed by atoms with Crippen LogP contribution in [0.2, 0.25) is 0 Å². The zero-order valence-corrected chi connectivity index (χ0v) is 20.5. The Kier molecular flexibility index (Phi) is 8.20. The second-order valence-corrected chi connectivity index (χ2v) is 9.72. The number of hydrogen-bond donors (Lipinski definition) is 2. The van der Waals surface area contributed by atoms with Gasteiger partial charge in [0.1, 0.15) is 17.2 Å². The van der Waals surface area contributed by atoms with Gasteiger partial charge in [-0.2, -0.15) is 0 Å². The number of para-hydroxylation sites is 1. The number of rotatable bonds is 7. The minimum atomic E-state index is -0.184. The second-order valence-electron chi connectivity index (χ2n) is 9.72. The molecule has 2 aliphatic rings. The third kappa shape index (κ3) is 5.78. The van der Waals surface area contributed by atoms with E-state index in [4.69, 9.17) is 9.47 Å². The number of ether oxygens (including phenoxy) is 2. The molecule has 0 bridgehead atoms. The number of carbonyl (C=O) groups is 1. The Hall–Kier alpha value is -2.89. The number of methoxy groups -OCH3 is 2. The summed E-state index contributed by atoms with van der Waals surface area (Å²) in [7, 11) is 3.19. The van der Waals surface area contributed by atoms with E-state index >= 15 is 0 Å². The summed E-state index contributed by atoms with van der Waals surface area (Å²) >= 11 is 0. The van der Waals surface area contributed by atoms with Gasteiger partial charge in [0.25, 0.3) is 0 Å². The number of nitrogens with one attached hydrogen (secondary N) is 1. The lowest BCUT2D eigenvalue weighted by molar-refractivity contribution is 0.120. The Morgan fingerprint density at radius 3 is 2.32 bits per heavy atom. The van der Waals surface area contributed by atoms with E-state index < -0.39 is 0 Å². The maximum absolute atomic E-state index is 13.6. The Balaban J connectivity index is 1.51. The van der Waals surface area contributed by atoms with E-state index in [-0.39, 0.29) is 17.8 Å². The number of anilines is 1. The predicted octanol–water partition coefficient (Wildman–Crippen LogP) is 6.58. The highest BCUT2D eigenvalue weighted by Crippen LogP contribution is 2.40. The number of aromatic hydroxyl groups is 1. The molecule has 4 rings (SSSR count). The normalized spacial score (nSPS) is 21.0. The topological polar surface area (TPSA) is 71.0 Å². The molecule has 0 unspecified atom stereocenters. The Morgan fingerprint density at radius 1 is 0.941 bits per heavy atom. The van der Waals surface area contributed by atoms with Gasteiger partial charge in [0.2, 0.25) is 0 Å². The van der Waals surface area contributed by atoms with Crippen molar-refractivity contribution >= 4 is 11.7 Å². The summed E-state index contributed by atoms with van der Waals surface area (Å²) in [6, 6.07) is 12.6. The molecule has 0 heterocycles. The number of hydrogen-bond acceptors (Lipinski definition) is 4. The molecule has 34 heavy (non-hydrogen) atoms. The SMILES string of the molecule is COc1ccc(OC)c(NC(=O)N(Cc2ccccc2O)[C@H]2CC[C@@H](C3CCCCC3)CC2)c1. The molecule has 0 radical (unpaired) electrons. The lowest BCUT2D eigenvalue weighted by atomic mass is 9.72. The van der Waals surface area contributed by atoms with E-state index in [0.29, 0.717) is 23.7 Å². The maximum Gasteiger partial charge on any atom is 0.322 e. The predicted molar refractivity (Wildman–Crippen MR) is 135 cm³/mol. The third-order valence-electron chi connectivity index (χ3n) is 7.74. The van der Waals surface area contributed by atoms with Crippen molar-refractivity contribution in [2.75, 3.05) is 19.5 Å². The lowest BCUT2D eigenvalue weighted by Gasteiger charge is -2.40. The molecule has 2 aromatic carbocycles. The van der Waals surface area contributed by atoms with Crippen molar-refractivity contribution in [2.45, 2.75) is 70.4 Å². The highest BCUT2D eigenvalue weighted by Gasteiger charge is 2.33. The van der Waals surface area contributed by atoms with Crippen molar-refractivity contribution in [1.29, 1.82) is 0 Å². The molecule has 2 aromatic rings. The van der Waals surface area contributed by atoms with E-state index in [1.165, 1.54) is 44.9 Å². The fourth-order valence-corrected chi connectivity index (χ4v) is 5.78. The summed E-state index contributed by atoms with van der Waals surface area (Å²) in [5.74, 6) is 3.09. The van der Waals surface area contributed by atoms with Crippen LogP contribution < -0.4 is 14.8 Å². The average molecular weight is 467 g/mol. The Morgan fingerprint density at radius 2 is 1.65 bits per heavy atom. The van der Waals surface area contributed by atoms with Crippen LogP contribution in [0.15, 0.2) is 42.5 Å². The second kappa shape index (κ2) is 11.5. The maximum atomic E-state index is 13.6. The van der Waals surface area contributed by atoms with E-state index in [9.17, 15) is 9.90 Å². The van der Waals surface area contributed by atoms with Crippen molar-refractivity contribution < 1.29 is 19.4 Å². The van der Waals surface area contributed by atoms with Crippen molar-refractivity contribution in [2.24, 2.45) is 11.8 Å². The third-order valence-corrected chi connectivity index (χ3v) is 7.74. The molecule has 2 saturated carbocycles. The van der Waals surface area contributed by atoms with Crippen molar-refractivity contribution in [1.82, 2.24) is 4.90 Å². The zero-order valence-electron chi connectivity index (χ0n) is 20.5. The number of benzene rings is 2. The van der Waals surface area contributed by atoms with Crippen LogP contribution in [0.3, 0.4) is 0 Å². The first-order chi connectivity index (χ1) is 16.6. The number of carbonyl (C=O) groups excluding carboxylic acids is 1. The molecule has 0 saturated heterocycles. The van der Waals surface area contributed by atoms with Gasteiger partial charge in [-0.3, -0.25) is 0 Å². The van der Waals surface area contributed by atoms with Gasteiger partial charge in [0.15, 0.2) is 0 Å². The van der Waals surface area contributed by atoms with Crippen molar-refractivity contribution in [3.63, 3.8) is 0 Å². The summed E-state index contributed by atoms with van der Waals surface area (Å²) in [4.78, 5) is 15.5. The smallest absolute Gasteiger partial charge is 0.322 e. The van der Waals surface area contributed by atoms with Gasteiger partial charge in [-0.15, -0.1) is 0 Å². The van der Waals surface area contributed by atoms with E-state index in [1.807, 2.05) is 17.0 Å². The van der Waals surface area contributed by atoms with Crippen LogP contribution in [0.1, 0.15) is 63.4 Å². The monoisotopic (exact) mass is 466 g/mol. The van der Waals surface area contributed by atoms with Crippen LogP contribution in [0.25, 0.3) is 0 Å². The van der Waals surface area contributed by atoms with E-state index in [1.54, 1.807) is 44.6 Å². The molecule has 2 amide bonds. The molecule has 0 spiro atoms. The molecule has 2 fully saturated rings. The van der Waals surface area contributed by atoms with Crippen LogP contribution >= 0.6 is 0 Å². The van der Waals surface area contributed by atoms with Crippen LogP contribution in [-0.2, 0) is 6.54 Å². The number of urea groups is 1. The van der Waals surface area contributed by atoms with E-state index in [0.717, 1.165) is 30.2 Å². The van der Waals surface area contributed by atoms with Gasteiger partial charge in [-0.1, -0.05) is 50.3 Å². The Bertz CT molecular complexity index is 949. The van der Waals surface area contributed by atoms with Gasteiger partial charge >= 0.3 is 6.03 Å². The molecular weight excluding hydrogens is 428 g/mol. The summed E-state index contributed by atoms with van der Waals surface area (Å²) in [5, 5.41) is 13.4. The van der Waals surface area contributed by atoms with Gasteiger partial charge in [-0.25, -0.2) is 4.79 Å². The van der Waals surface area contributed by atoms with Crippen LogP contribution in [0.4, 0.5) is 10.5 Å². The number of phenols is 1. The molecular formula is C28H38N2O4. The molecule has 2 aliphatic carbocycles. The standard InChI is InChI=1S/C28H38N2O4/c1-33-24-16-17-27(34-2)25(18-24)29-28(32)30(19-22-10-6-7-11-26(22)31)23-14-12-21(13-15-23)20-8-4-3-5-9-20/h6-7,10-11,16-18,20-21,23,31H,3-5,8-9,12-15,19H2,1-2H3,(H,29,32)/t21-,23+. The first kappa shape index (κ1) is 24.2. The minimum Gasteiger partial charge on any atom is -0.508 e. The summed E-state index contributed by atoms with van der Waals surface area (Å²) < 4.78 is 10.8. The van der Waals surface area contributed by atoms with Gasteiger partial charge in [0, 0.05) is 17.7 Å². The molecule has 2 N–H and O–H groups in total. The quantitative estimate of drug-likeness (QED) is 0.483. The first-order valence-electron chi connectivity index (χ1n) is 12.7. The Labute approximate surface area is 203 Å². The lowest BCUT2D eigenvalue weighted by Crippen LogP contribution is -2.44. The zero-order chi connectivity index (χ0) is 23.9. The fraction of sp³-hybridized carbons (Fsp3) is 0.536. The van der Waals surface area contributed by atoms with Crippen LogP contribution in [0.5, 0.6) is 17.2 Å². The molecule has 0 atom stereocenters. The number of phenolic OH excluding ortho intramolecular Hbond substituents is 1. The molecule has 0 aliphatic heterocycles. The fourth-order valence-electron chi connectivity index (χ4n) is 5.78. The van der Waals surface area contributed by atoms with E-state index in [2.05, 4.69) is 5.32 Å². The summed E-state index contributed by atoms with van der Waals surface area (Å²) in [6.07, 6.45) is 11.2. The van der Waals surface area contributed by atoms with Crippen molar-refractivity contribution in [3.05, 3.63) is 48.0 Å². The summed E-state index contributed by atoms with van der Waals surface area (Å²) in [6.45, 7) is 0.365. The molecule has 6 heteroatoms. The minimum absolute atomic E-state index is 0.135. The highest BCUT2D eigenvalue weighted by molar-refractivity contribution is 5.91. The molecule has 0 aromatic heterocycles. The number of nitrogens with zero attached hydrogens (tertiary/aromatic N) is 1. The largest absolute Gasteiger partial charge is 0.508 e. The number of amides is 2. The van der Waals surface area contributed by atoms with Gasteiger partial charge in [-0.05, 0) is 55.7 Å². The van der Waals surface area contributed by atoms with Crippen LogP contribution in [-0.4, -0.2) is 36.3 Å². The van der Waals surface area contributed by atoms with Crippen molar-refractivity contribution in [3.8, 4) is 17.2 Å². The first-order valence-corrected chi connectivity index (χ1v) is 12.7. The van der Waals surface area contributed by atoms with Gasteiger partial charge in [0.05, 0.1) is 26.5 Å². The van der Waals surface area contributed by atoms with Gasteiger partial charge < -0.3 is 24.8 Å². The summed E-state index contributed by atoms with van der Waals surface area (Å²) in [5.41, 5.74) is 1.33.